The van der Waals surface area contributed by atoms with E-state index >= 15 is 0 Å². The molecule has 0 spiro atoms. The lowest BCUT2D eigenvalue weighted by atomic mass is 10.4. The Morgan fingerprint density at radius 1 is 1.07 bits per heavy atom. The van der Waals surface area contributed by atoms with E-state index in [0.717, 1.165) is 12.1 Å². The molecule has 0 aliphatic rings. The lowest BCUT2D eigenvalue weighted by Gasteiger charge is -2.06. The lowest BCUT2D eigenvalue weighted by Crippen LogP contribution is -2.16. The Labute approximate surface area is 90.3 Å². The highest BCUT2D eigenvalue weighted by Crippen LogP contribution is 2.29. The van der Waals surface area contributed by atoms with Crippen LogP contribution in [0.1, 0.15) is 0 Å². The predicted molar refractivity (Wildman–Crippen MR) is 48.9 cm³/mol. The van der Waals surface area contributed by atoms with Crippen LogP contribution in [0.15, 0.2) is 23.1 Å². The normalized spacial score (nSPS) is 14.1. The maximum absolute atomic E-state index is 12.0. The van der Waals surface area contributed by atoms with Crippen LogP contribution in [0.2, 0.25) is 10.0 Å². The standard InChI is InChI=1S/C7H3Cl2F3OS/c8-4-1-5(9)3-6(2-4)14(13)7(10,11)12/h1-3H. The van der Waals surface area contributed by atoms with Crippen LogP contribution in [0, 0.1) is 0 Å². The minimum Gasteiger partial charge on any atom is -0.245 e. The Kier molecular flexibility index (Phi) is 3.44. The fraction of sp³-hybridized carbons (Fsp3) is 0.143. The zero-order chi connectivity index (χ0) is 10.9. The van der Waals surface area contributed by atoms with Gasteiger partial charge in [0, 0.05) is 10.0 Å². The van der Waals surface area contributed by atoms with Gasteiger partial charge in [0.1, 0.15) is 0 Å². The highest BCUT2D eigenvalue weighted by Gasteiger charge is 2.38. The molecule has 1 nitrogen and oxygen atoms in total. The maximum Gasteiger partial charge on any atom is 0.475 e. The molecular weight excluding hydrogens is 260 g/mol. The molecule has 14 heavy (non-hydrogen) atoms. The third kappa shape index (κ3) is 2.87. The van der Waals surface area contributed by atoms with E-state index in [1.54, 1.807) is 0 Å². The molecule has 0 saturated carbocycles. The number of rotatable bonds is 1. The Bertz CT molecular complexity index is 357. The van der Waals surface area contributed by atoms with Crippen LogP contribution >= 0.6 is 23.2 Å². The summed E-state index contributed by atoms with van der Waals surface area (Å²) in [6.45, 7) is 0. The molecule has 0 saturated heterocycles. The van der Waals surface area contributed by atoms with Gasteiger partial charge in [0.2, 0.25) is 0 Å². The van der Waals surface area contributed by atoms with Crippen molar-refractivity contribution in [1.82, 2.24) is 0 Å². The van der Waals surface area contributed by atoms with Gasteiger partial charge in [-0.25, -0.2) is 4.21 Å². The second-order valence-corrected chi connectivity index (χ2v) is 4.66. The van der Waals surface area contributed by atoms with E-state index in [-0.39, 0.29) is 10.0 Å². The molecule has 0 aliphatic carbocycles. The molecule has 78 valence electrons. The van der Waals surface area contributed by atoms with E-state index in [1.165, 1.54) is 6.07 Å². The average Bonchev–Trinajstić information content (AvgIpc) is 1.99. The molecule has 0 heterocycles. The van der Waals surface area contributed by atoms with Gasteiger partial charge in [0.05, 0.1) is 4.90 Å². The summed E-state index contributed by atoms with van der Waals surface area (Å²) in [6.07, 6.45) is 0. The molecule has 0 aromatic heterocycles. The van der Waals surface area contributed by atoms with Gasteiger partial charge < -0.3 is 0 Å². The molecule has 0 fully saturated rings. The van der Waals surface area contributed by atoms with Gasteiger partial charge in [-0.3, -0.25) is 0 Å². The number of hydrogen-bond donors (Lipinski definition) is 0. The summed E-state index contributed by atoms with van der Waals surface area (Å²) in [5, 5.41) is 0.0372. The molecule has 1 atom stereocenters. The second kappa shape index (κ2) is 4.08. The van der Waals surface area contributed by atoms with Crippen molar-refractivity contribution in [1.29, 1.82) is 0 Å². The van der Waals surface area contributed by atoms with Crippen molar-refractivity contribution in [3.8, 4) is 0 Å². The first-order chi connectivity index (χ1) is 6.30. The Hall–Kier alpha value is -0.260. The van der Waals surface area contributed by atoms with E-state index in [4.69, 9.17) is 23.2 Å². The van der Waals surface area contributed by atoms with Gasteiger partial charge >= 0.3 is 5.51 Å². The quantitative estimate of drug-likeness (QED) is 0.756. The summed E-state index contributed by atoms with van der Waals surface area (Å²) in [5.74, 6) is 0. The van der Waals surface area contributed by atoms with Crippen LogP contribution in [0.5, 0.6) is 0 Å². The van der Waals surface area contributed by atoms with Crippen LogP contribution in [0.4, 0.5) is 13.2 Å². The summed E-state index contributed by atoms with van der Waals surface area (Å²) >= 11 is 10.9. The van der Waals surface area contributed by atoms with E-state index in [0.29, 0.717) is 0 Å². The molecule has 1 rings (SSSR count). The molecule has 1 unspecified atom stereocenters. The summed E-state index contributed by atoms with van der Waals surface area (Å²) in [4.78, 5) is -0.449. The van der Waals surface area contributed by atoms with Crippen molar-refractivity contribution < 1.29 is 17.4 Å². The first-order valence-corrected chi connectivity index (χ1v) is 5.16. The predicted octanol–water partition coefficient (Wildman–Crippen LogP) is 3.62. The monoisotopic (exact) mass is 262 g/mol. The van der Waals surface area contributed by atoms with Gasteiger partial charge in [0.25, 0.3) is 0 Å². The van der Waals surface area contributed by atoms with Crippen molar-refractivity contribution in [2.75, 3.05) is 0 Å². The van der Waals surface area contributed by atoms with Crippen molar-refractivity contribution in [3.05, 3.63) is 28.2 Å². The van der Waals surface area contributed by atoms with Gasteiger partial charge in [0.15, 0.2) is 10.8 Å². The Balaban J connectivity index is 3.14. The number of benzene rings is 1. The third-order valence-electron chi connectivity index (χ3n) is 1.26. The van der Waals surface area contributed by atoms with E-state index in [9.17, 15) is 17.4 Å². The molecular formula is C7H3Cl2F3OS. The van der Waals surface area contributed by atoms with Crippen LogP contribution < -0.4 is 0 Å². The van der Waals surface area contributed by atoms with Gasteiger partial charge in [-0.2, -0.15) is 13.2 Å². The Morgan fingerprint density at radius 2 is 1.50 bits per heavy atom. The SMILES string of the molecule is O=S(c1cc(Cl)cc(Cl)c1)C(F)(F)F. The van der Waals surface area contributed by atoms with Crippen molar-refractivity contribution in [2.24, 2.45) is 0 Å². The highest BCUT2D eigenvalue weighted by molar-refractivity contribution is 7.86. The van der Waals surface area contributed by atoms with Gasteiger partial charge in [-0.1, -0.05) is 23.2 Å². The lowest BCUT2D eigenvalue weighted by molar-refractivity contribution is -0.0384. The largest absolute Gasteiger partial charge is 0.475 e. The molecule has 0 amide bonds. The fourth-order valence-electron chi connectivity index (χ4n) is 0.769. The van der Waals surface area contributed by atoms with Crippen LogP contribution in [0.3, 0.4) is 0 Å². The minimum absolute atomic E-state index is 0.0186. The third-order valence-corrected chi connectivity index (χ3v) is 2.78. The van der Waals surface area contributed by atoms with Crippen LogP contribution in [-0.4, -0.2) is 9.72 Å². The minimum atomic E-state index is -4.80. The van der Waals surface area contributed by atoms with E-state index in [1.807, 2.05) is 0 Å². The molecule has 0 radical (unpaired) electrons. The van der Waals surface area contributed by atoms with Gasteiger partial charge in [-0.05, 0) is 18.2 Å². The van der Waals surface area contributed by atoms with E-state index < -0.39 is 21.2 Å². The zero-order valence-corrected chi connectivity index (χ0v) is 8.77. The van der Waals surface area contributed by atoms with Crippen LogP contribution in [0.25, 0.3) is 0 Å². The number of alkyl halides is 3. The zero-order valence-electron chi connectivity index (χ0n) is 6.44. The number of hydrogen-bond acceptors (Lipinski definition) is 1. The summed E-state index contributed by atoms with van der Waals surface area (Å²) in [7, 11) is -3.09. The highest BCUT2D eigenvalue weighted by atomic mass is 35.5. The molecule has 1 aromatic rings. The van der Waals surface area contributed by atoms with Crippen LogP contribution in [-0.2, 0) is 10.8 Å². The average molecular weight is 263 g/mol. The molecule has 0 aliphatic heterocycles. The topological polar surface area (TPSA) is 17.1 Å². The van der Waals surface area contributed by atoms with Crippen molar-refractivity contribution in [2.45, 2.75) is 10.4 Å². The first kappa shape index (κ1) is 11.8. The maximum atomic E-state index is 12.0. The molecule has 7 heteroatoms. The first-order valence-electron chi connectivity index (χ1n) is 3.25. The van der Waals surface area contributed by atoms with Gasteiger partial charge in [-0.15, -0.1) is 0 Å². The molecule has 1 aromatic carbocycles. The second-order valence-electron chi connectivity index (χ2n) is 2.32. The summed E-state index contributed by atoms with van der Waals surface area (Å²) in [6, 6.07) is 3.20. The summed E-state index contributed by atoms with van der Waals surface area (Å²) in [5.41, 5.74) is -4.80. The summed E-state index contributed by atoms with van der Waals surface area (Å²) < 4.78 is 46.9. The van der Waals surface area contributed by atoms with E-state index in [2.05, 4.69) is 0 Å². The molecule has 0 N–H and O–H groups in total. The number of halogens is 5. The van der Waals surface area contributed by atoms with Crippen molar-refractivity contribution in [3.63, 3.8) is 0 Å². The fourth-order valence-corrected chi connectivity index (χ4v) is 2.16. The Morgan fingerprint density at radius 3 is 1.86 bits per heavy atom. The molecule has 0 bridgehead atoms. The smallest absolute Gasteiger partial charge is 0.245 e. The van der Waals surface area contributed by atoms with Crippen molar-refractivity contribution >= 4 is 34.0 Å².